The summed E-state index contributed by atoms with van der Waals surface area (Å²) in [5.74, 6) is -0.662. The summed E-state index contributed by atoms with van der Waals surface area (Å²) in [6.45, 7) is 3.95. The molecule has 0 unspecified atom stereocenters. The van der Waals surface area contributed by atoms with Gasteiger partial charge >= 0.3 is 11.9 Å². The summed E-state index contributed by atoms with van der Waals surface area (Å²) in [5, 5.41) is 8.44. The fourth-order valence-corrected chi connectivity index (χ4v) is 1.41. The van der Waals surface area contributed by atoms with Crippen LogP contribution in [0.3, 0.4) is 0 Å². The molecule has 5 heteroatoms. The zero-order valence-corrected chi connectivity index (χ0v) is 11.1. The first-order valence-electron chi connectivity index (χ1n) is 6.14. The van der Waals surface area contributed by atoms with Gasteiger partial charge < -0.3 is 14.6 Å². The number of ether oxygens (including phenoxy) is 2. The lowest BCUT2D eigenvalue weighted by molar-refractivity contribution is -0.137. The third-order valence-electron chi connectivity index (χ3n) is 2.23. The second kappa shape index (κ2) is 7.41. The lowest BCUT2D eigenvalue weighted by atomic mass is 10.2. The molecule has 1 N–H and O–H groups in total. The quantitative estimate of drug-likeness (QED) is 0.606. The van der Waals surface area contributed by atoms with Crippen molar-refractivity contribution in [1.29, 1.82) is 0 Å². The predicted molar refractivity (Wildman–Crippen MR) is 69.4 cm³/mol. The van der Waals surface area contributed by atoms with E-state index in [1.54, 1.807) is 24.3 Å². The Hall–Kier alpha value is -2.04. The lowest BCUT2D eigenvalue weighted by Crippen LogP contribution is -2.08. The van der Waals surface area contributed by atoms with E-state index in [9.17, 15) is 9.59 Å². The Bertz CT molecular complexity index is 422. The van der Waals surface area contributed by atoms with Crippen LogP contribution in [0.1, 0.15) is 37.0 Å². The Morgan fingerprint density at radius 1 is 1.21 bits per heavy atom. The van der Waals surface area contributed by atoms with Crippen LogP contribution in [0.25, 0.3) is 0 Å². The largest absolute Gasteiger partial charge is 0.491 e. The summed E-state index contributed by atoms with van der Waals surface area (Å²) < 4.78 is 10.4. The van der Waals surface area contributed by atoms with Gasteiger partial charge in [-0.15, -0.1) is 0 Å². The zero-order valence-electron chi connectivity index (χ0n) is 11.1. The van der Waals surface area contributed by atoms with Crippen LogP contribution >= 0.6 is 0 Å². The standard InChI is InChI=1S/C14H18O5/c1-10(2)19-12-7-5-11(6-8-12)14(17)18-9-3-4-13(15)16/h5-8,10H,3-4,9H2,1-2H3,(H,15,16). The highest BCUT2D eigenvalue weighted by Crippen LogP contribution is 2.14. The van der Waals surface area contributed by atoms with Gasteiger partial charge in [-0.25, -0.2) is 4.79 Å². The number of carbonyl (C=O) groups is 2. The first-order valence-corrected chi connectivity index (χ1v) is 6.14. The molecule has 0 amide bonds. The minimum atomic E-state index is -0.897. The molecule has 0 radical (unpaired) electrons. The molecule has 0 aromatic heterocycles. The van der Waals surface area contributed by atoms with Gasteiger partial charge in [0.1, 0.15) is 5.75 Å². The van der Waals surface area contributed by atoms with E-state index in [2.05, 4.69) is 0 Å². The Balaban J connectivity index is 2.42. The molecule has 0 bridgehead atoms. The molecule has 19 heavy (non-hydrogen) atoms. The van der Waals surface area contributed by atoms with Gasteiger partial charge in [0.15, 0.2) is 0 Å². The van der Waals surface area contributed by atoms with E-state index in [0.29, 0.717) is 17.7 Å². The maximum absolute atomic E-state index is 11.6. The fourth-order valence-electron chi connectivity index (χ4n) is 1.41. The number of aliphatic carboxylic acids is 1. The topological polar surface area (TPSA) is 72.8 Å². The highest BCUT2D eigenvalue weighted by atomic mass is 16.5. The number of rotatable bonds is 7. The molecule has 0 aliphatic heterocycles. The van der Waals surface area contributed by atoms with Crippen LogP contribution in [0, 0.1) is 0 Å². The van der Waals surface area contributed by atoms with Crippen molar-refractivity contribution in [2.24, 2.45) is 0 Å². The summed E-state index contributed by atoms with van der Waals surface area (Å²) in [6, 6.07) is 6.65. The van der Waals surface area contributed by atoms with Crippen LogP contribution in [0.4, 0.5) is 0 Å². The molecule has 0 saturated heterocycles. The summed E-state index contributed by atoms with van der Waals surface area (Å²) in [7, 11) is 0. The number of hydrogen-bond donors (Lipinski definition) is 1. The van der Waals surface area contributed by atoms with Crippen LogP contribution in [0.5, 0.6) is 5.75 Å². The number of carboxylic acids is 1. The van der Waals surface area contributed by atoms with Crippen molar-refractivity contribution in [3.63, 3.8) is 0 Å². The van der Waals surface area contributed by atoms with E-state index in [-0.39, 0.29) is 19.1 Å². The Morgan fingerprint density at radius 2 is 1.84 bits per heavy atom. The first kappa shape index (κ1) is 15.0. The van der Waals surface area contributed by atoms with E-state index in [0.717, 1.165) is 0 Å². The normalized spacial score (nSPS) is 10.3. The molecule has 0 atom stereocenters. The molecule has 5 nitrogen and oxygen atoms in total. The maximum atomic E-state index is 11.6. The van der Waals surface area contributed by atoms with Gasteiger partial charge in [0.2, 0.25) is 0 Å². The average Bonchev–Trinajstić information content (AvgIpc) is 2.34. The third kappa shape index (κ3) is 5.90. The average molecular weight is 266 g/mol. The molecule has 1 aromatic rings. The van der Waals surface area contributed by atoms with Gasteiger partial charge in [0.05, 0.1) is 18.3 Å². The van der Waals surface area contributed by atoms with Crippen molar-refractivity contribution in [2.45, 2.75) is 32.8 Å². The van der Waals surface area contributed by atoms with Crippen LogP contribution in [-0.4, -0.2) is 29.8 Å². The van der Waals surface area contributed by atoms with Crippen molar-refractivity contribution in [3.8, 4) is 5.75 Å². The molecular formula is C14H18O5. The van der Waals surface area contributed by atoms with Crippen molar-refractivity contribution in [2.75, 3.05) is 6.61 Å². The fraction of sp³-hybridized carbons (Fsp3) is 0.429. The van der Waals surface area contributed by atoms with Crippen LogP contribution < -0.4 is 4.74 Å². The van der Waals surface area contributed by atoms with Crippen LogP contribution in [0.2, 0.25) is 0 Å². The van der Waals surface area contributed by atoms with Gasteiger partial charge in [-0.3, -0.25) is 4.79 Å². The molecular weight excluding hydrogens is 248 g/mol. The van der Waals surface area contributed by atoms with E-state index >= 15 is 0 Å². The first-order chi connectivity index (χ1) is 8.99. The van der Waals surface area contributed by atoms with Crippen molar-refractivity contribution < 1.29 is 24.2 Å². The number of hydrogen-bond acceptors (Lipinski definition) is 4. The van der Waals surface area contributed by atoms with Crippen LogP contribution in [-0.2, 0) is 9.53 Å². The summed E-state index contributed by atoms with van der Waals surface area (Å²) >= 11 is 0. The van der Waals surface area contributed by atoms with Gasteiger partial charge in [-0.2, -0.15) is 0 Å². The van der Waals surface area contributed by atoms with Gasteiger partial charge in [-0.05, 0) is 44.5 Å². The van der Waals surface area contributed by atoms with E-state index < -0.39 is 11.9 Å². The molecule has 0 saturated carbocycles. The molecule has 1 aromatic carbocycles. The van der Waals surface area contributed by atoms with E-state index in [1.807, 2.05) is 13.8 Å². The van der Waals surface area contributed by atoms with E-state index in [1.165, 1.54) is 0 Å². The third-order valence-corrected chi connectivity index (χ3v) is 2.23. The Labute approximate surface area is 112 Å². The van der Waals surface area contributed by atoms with Crippen molar-refractivity contribution >= 4 is 11.9 Å². The second-order valence-electron chi connectivity index (χ2n) is 4.32. The molecule has 0 spiro atoms. The van der Waals surface area contributed by atoms with Gasteiger partial charge in [-0.1, -0.05) is 0 Å². The SMILES string of the molecule is CC(C)Oc1ccc(C(=O)OCCCC(=O)O)cc1. The maximum Gasteiger partial charge on any atom is 0.338 e. The monoisotopic (exact) mass is 266 g/mol. The highest BCUT2D eigenvalue weighted by Gasteiger charge is 2.08. The molecule has 104 valence electrons. The number of carboxylic acid groups (broad SMARTS) is 1. The van der Waals surface area contributed by atoms with Gasteiger partial charge in [0.25, 0.3) is 0 Å². The number of benzene rings is 1. The molecule has 0 heterocycles. The van der Waals surface area contributed by atoms with Crippen molar-refractivity contribution in [3.05, 3.63) is 29.8 Å². The Morgan fingerprint density at radius 3 is 2.37 bits per heavy atom. The van der Waals surface area contributed by atoms with Crippen molar-refractivity contribution in [1.82, 2.24) is 0 Å². The molecule has 0 aliphatic rings. The van der Waals surface area contributed by atoms with Gasteiger partial charge in [0, 0.05) is 6.42 Å². The summed E-state index contributed by atoms with van der Waals surface area (Å²) in [6.07, 6.45) is 0.387. The summed E-state index contributed by atoms with van der Waals surface area (Å²) in [5.41, 5.74) is 0.423. The van der Waals surface area contributed by atoms with E-state index in [4.69, 9.17) is 14.6 Å². The minimum Gasteiger partial charge on any atom is -0.491 e. The number of carbonyl (C=O) groups excluding carboxylic acids is 1. The molecule has 0 aliphatic carbocycles. The predicted octanol–water partition coefficient (Wildman–Crippen LogP) is 2.50. The summed E-state index contributed by atoms with van der Waals surface area (Å²) in [4.78, 5) is 21.9. The Kier molecular flexibility index (Phi) is 5.85. The number of esters is 1. The highest BCUT2D eigenvalue weighted by molar-refractivity contribution is 5.89. The molecule has 0 fully saturated rings. The second-order valence-corrected chi connectivity index (χ2v) is 4.32. The minimum absolute atomic E-state index is 0.00551. The van der Waals surface area contributed by atoms with Crippen LogP contribution in [0.15, 0.2) is 24.3 Å². The molecule has 1 rings (SSSR count). The zero-order chi connectivity index (χ0) is 14.3. The lowest BCUT2D eigenvalue weighted by Gasteiger charge is -2.10. The smallest absolute Gasteiger partial charge is 0.338 e.